The van der Waals surface area contributed by atoms with Gasteiger partial charge in [0.15, 0.2) is 0 Å². The van der Waals surface area contributed by atoms with Gasteiger partial charge in [0.1, 0.15) is 0 Å². The Bertz CT molecular complexity index is 1010. The third-order valence-electron chi connectivity index (χ3n) is 4.59. The van der Waals surface area contributed by atoms with Gasteiger partial charge in [-0.25, -0.2) is 8.42 Å². The Labute approximate surface area is 172 Å². The second-order valence-corrected chi connectivity index (χ2v) is 9.07. The predicted octanol–water partition coefficient (Wildman–Crippen LogP) is 3.76. The zero-order chi connectivity index (χ0) is 22.1. The molecule has 162 valence electrons. The van der Waals surface area contributed by atoms with Crippen LogP contribution < -0.4 is 5.32 Å². The summed E-state index contributed by atoms with van der Waals surface area (Å²) in [6.07, 6.45) is -4.98. The van der Waals surface area contributed by atoms with Gasteiger partial charge in [-0.2, -0.15) is 17.5 Å². The lowest BCUT2D eigenvalue weighted by Gasteiger charge is -2.34. The minimum Gasteiger partial charge on any atom is -0.373 e. The lowest BCUT2D eigenvalue weighted by molar-refractivity contribution is -0.137. The molecule has 1 aliphatic heterocycles. The van der Waals surface area contributed by atoms with E-state index in [1.807, 2.05) is 0 Å². The molecule has 0 bridgehead atoms. The molecule has 0 aliphatic carbocycles. The fraction of sp³-hybridized carbons (Fsp3) is 0.350. The summed E-state index contributed by atoms with van der Waals surface area (Å²) in [5.41, 5.74) is -0.593. The van der Waals surface area contributed by atoms with E-state index in [0.29, 0.717) is 0 Å². The molecular formula is C20H21F3N2O4S. The average molecular weight is 442 g/mol. The molecule has 10 heteroatoms. The maximum atomic E-state index is 13.0. The predicted molar refractivity (Wildman–Crippen MR) is 105 cm³/mol. The summed E-state index contributed by atoms with van der Waals surface area (Å²) in [6.45, 7) is 3.97. The van der Waals surface area contributed by atoms with Gasteiger partial charge in [-0.1, -0.05) is 6.07 Å². The summed E-state index contributed by atoms with van der Waals surface area (Å²) in [5.74, 6) is -0.629. The van der Waals surface area contributed by atoms with Crippen molar-refractivity contribution in [1.82, 2.24) is 4.31 Å². The van der Waals surface area contributed by atoms with E-state index < -0.39 is 27.7 Å². The smallest absolute Gasteiger partial charge is 0.373 e. The van der Waals surface area contributed by atoms with Gasteiger partial charge < -0.3 is 10.1 Å². The van der Waals surface area contributed by atoms with Crippen molar-refractivity contribution in [3.05, 3.63) is 59.7 Å². The number of carbonyl (C=O) groups excluding carboxylic acids is 1. The van der Waals surface area contributed by atoms with Crippen molar-refractivity contribution in [2.75, 3.05) is 18.4 Å². The number of alkyl halides is 3. The lowest BCUT2D eigenvalue weighted by Crippen LogP contribution is -2.48. The Balaban J connectivity index is 1.78. The average Bonchev–Trinajstić information content (AvgIpc) is 2.67. The summed E-state index contributed by atoms with van der Waals surface area (Å²) >= 11 is 0. The number of halogens is 3. The van der Waals surface area contributed by atoms with Crippen LogP contribution in [0.25, 0.3) is 0 Å². The summed E-state index contributed by atoms with van der Waals surface area (Å²) in [5, 5.41) is 2.47. The highest BCUT2D eigenvalue weighted by atomic mass is 32.2. The summed E-state index contributed by atoms with van der Waals surface area (Å²) in [4.78, 5) is 12.5. The normalized spacial score (nSPS) is 20.7. The van der Waals surface area contributed by atoms with E-state index >= 15 is 0 Å². The Morgan fingerprint density at radius 1 is 1.07 bits per heavy atom. The molecule has 2 unspecified atom stereocenters. The maximum absolute atomic E-state index is 13.0. The van der Waals surface area contributed by atoms with Crippen molar-refractivity contribution >= 4 is 21.6 Å². The highest BCUT2D eigenvalue weighted by Crippen LogP contribution is 2.30. The first-order valence-electron chi connectivity index (χ1n) is 9.21. The van der Waals surface area contributed by atoms with Gasteiger partial charge in [0.25, 0.3) is 5.91 Å². The van der Waals surface area contributed by atoms with E-state index in [9.17, 15) is 26.4 Å². The number of hydrogen-bond acceptors (Lipinski definition) is 4. The SMILES string of the molecule is CC1CN(S(=O)(=O)c2cccc(C(=O)Nc3ccc(C(F)(F)F)cc3)c2)CC(C)O1. The molecule has 0 aromatic heterocycles. The van der Waals surface area contributed by atoms with Gasteiger partial charge in [0.2, 0.25) is 10.0 Å². The molecular weight excluding hydrogens is 421 g/mol. The van der Waals surface area contributed by atoms with E-state index in [-0.39, 0.29) is 41.4 Å². The van der Waals surface area contributed by atoms with E-state index in [1.54, 1.807) is 13.8 Å². The second kappa shape index (κ2) is 8.37. The van der Waals surface area contributed by atoms with Crippen molar-refractivity contribution in [2.45, 2.75) is 37.1 Å². The monoisotopic (exact) mass is 442 g/mol. The summed E-state index contributed by atoms with van der Waals surface area (Å²) < 4.78 is 70.8. The van der Waals surface area contributed by atoms with Gasteiger partial charge in [0, 0.05) is 24.3 Å². The fourth-order valence-electron chi connectivity index (χ4n) is 3.22. The molecule has 0 saturated carbocycles. The van der Waals surface area contributed by atoms with Gasteiger partial charge in [0.05, 0.1) is 22.7 Å². The number of nitrogens with zero attached hydrogens (tertiary/aromatic N) is 1. The molecule has 2 aromatic rings. The lowest BCUT2D eigenvalue weighted by atomic mass is 10.2. The highest BCUT2D eigenvalue weighted by molar-refractivity contribution is 7.89. The molecule has 1 aliphatic rings. The van der Waals surface area contributed by atoms with Gasteiger partial charge in [-0.3, -0.25) is 4.79 Å². The van der Waals surface area contributed by atoms with E-state index in [2.05, 4.69) is 5.32 Å². The molecule has 6 nitrogen and oxygen atoms in total. The molecule has 2 aromatic carbocycles. The minimum absolute atomic E-state index is 0.0381. The van der Waals surface area contributed by atoms with Crippen LogP contribution in [0.3, 0.4) is 0 Å². The molecule has 1 N–H and O–H groups in total. The molecule has 0 radical (unpaired) electrons. The van der Waals surface area contributed by atoms with Crippen LogP contribution in [0.4, 0.5) is 18.9 Å². The summed E-state index contributed by atoms with van der Waals surface area (Å²) in [7, 11) is -3.83. The summed E-state index contributed by atoms with van der Waals surface area (Å²) in [6, 6.07) is 9.52. The number of sulfonamides is 1. The third-order valence-corrected chi connectivity index (χ3v) is 6.42. The van der Waals surface area contributed by atoms with Crippen LogP contribution >= 0.6 is 0 Å². The van der Waals surface area contributed by atoms with E-state index in [0.717, 1.165) is 24.3 Å². The zero-order valence-electron chi connectivity index (χ0n) is 16.3. The Hall–Kier alpha value is -2.43. The van der Waals surface area contributed by atoms with Gasteiger partial charge in [-0.15, -0.1) is 0 Å². The van der Waals surface area contributed by atoms with Crippen LogP contribution in [0.2, 0.25) is 0 Å². The molecule has 0 spiro atoms. The maximum Gasteiger partial charge on any atom is 0.416 e. The number of rotatable bonds is 4. The molecule has 1 amide bonds. The number of carbonyl (C=O) groups is 1. The quantitative estimate of drug-likeness (QED) is 0.783. The molecule has 1 saturated heterocycles. The topological polar surface area (TPSA) is 75.7 Å². The van der Waals surface area contributed by atoms with Crippen LogP contribution in [0.1, 0.15) is 29.8 Å². The molecule has 3 rings (SSSR count). The second-order valence-electron chi connectivity index (χ2n) is 7.14. The number of amides is 1. The molecule has 30 heavy (non-hydrogen) atoms. The van der Waals surface area contributed by atoms with Crippen LogP contribution in [0.5, 0.6) is 0 Å². The number of morpholine rings is 1. The van der Waals surface area contributed by atoms with Crippen LogP contribution in [0, 0.1) is 0 Å². The molecule has 1 fully saturated rings. The highest BCUT2D eigenvalue weighted by Gasteiger charge is 2.32. The first-order valence-corrected chi connectivity index (χ1v) is 10.6. The van der Waals surface area contributed by atoms with Crippen LogP contribution in [0.15, 0.2) is 53.4 Å². The molecule has 1 heterocycles. The van der Waals surface area contributed by atoms with Crippen molar-refractivity contribution in [2.24, 2.45) is 0 Å². The van der Waals surface area contributed by atoms with Crippen LogP contribution in [-0.2, 0) is 20.9 Å². The molecule has 2 atom stereocenters. The van der Waals surface area contributed by atoms with E-state index in [4.69, 9.17) is 4.74 Å². The number of anilines is 1. The largest absolute Gasteiger partial charge is 0.416 e. The van der Waals surface area contributed by atoms with Gasteiger partial charge in [-0.05, 0) is 56.3 Å². The fourth-order valence-corrected chi connectivity index (χ4v) is 4.86. The Morgan fingerprint density at radius 3 is 2.23 bits per heavy atom. The van der Waals surface area contributed by atoms with Crippen LogP contribution in [-0.4, -0.2) is 43.9 Å². The number of hydrogen-bond donors (Lipinski definition) is 1. The van der Waals surface area contributed by atoms with Crippen molar-refractivity contribution in [3.63, 3.8) is 0 Å². The number of ether oxygens (including phenoxy) is 1. The first kappa shape index (κ1) is 22.3. The van der Waals surface area contributed by atoms with Crippen molar-refractivity contribution in [3.8, 4) is 0 Å². The van der Waals surface area contributed by atoms with Crippen molar-refractivity contribution in [1.29, 1.82) is 0 Å². The van der Waals surface area contributed by atoms with E-state index in [1.165, 1.54) is 28.6 Å². The Kier molecular flexibility index (Phi) is 6.21. The number of nitrogens with one attached hydrogen (secondary N) is 1. The minimum atomic E-state index is -4.47. The zero-order valence-corrected chi connectivity index (χ0v) is 17.1. The number of benzene rings is 2. The van der Waals surface area contributed by atoms with Crippen molar-refractivity contribution < 1.29 is 31.1 Å². The third kappa shape index (κ3) is 5.00. The standard InChI is InChI=1S/C20H21F3N2O4S/c1-13-11-25(12-14(2)29-13)30(27,28)18-5-3-4-15(10-18)19(26)24-17-8-6-16(7-9-17)20(21,22)23/h3-10,13-14H,11-12H2,1-2H3,(H,24,26). The van der Waals surface area contributed by atoms with Gasteiger partial charge >= 0.3 is 6.18 Å². The Morgan fingerprint density at radius 2 is 1.67 bits per heavy atom. The first-order chi connectivity index (χ1) is 14.0.